The molecule has 0 radical (unpaired) electrons. The first-order valence-electron chi connectivity index (χ1n) is 10.9. The molecule has 2 N–H and O–H groups in total. The van der Waals surface area contributed by atoms with Gasteiger partial charge in [-0.25, -0.2) is 0 Å². The first-order chi connectivity index (χ1) is 15.6. The largest absolute Gasteiger partial charge is 0.457 e. The molecule has 1 unspecified atom stereocenters. The Morgan fingerprint density at radius 3 is 2.72 bits per heavy atom. The van der Waals surface area contributed by atoms with Crippen molar-refractivity contribution in [3.63, 3.8) is 0 Å². The summed E-state index contributed by atoms with van der Waals surface area (Å²) < 4.78 is 6.05. The number of nitrogens with zero attached hydrogens (tertiary/aromatic N) is 1. The van der Waals surface area contributed by atoms with E-state index >= 15 is 0 Å². The van der Waals surface area contributed by atoms with Gasteiger partial charge in [-0.15, -0.1) is 0 Å². The molecule has 1 atom stereocenters. The van der Waals surface area contributed by atoms with Gasteiger partial charge in [-0.2, -0.15) is 0 Å². The highest BCUT2D eigenvalue weighted by Gasteiger charge is 2.25. The summed E-state index contributed by atoms with van der Waals surface area (Å²) in [4.78, 5) is 27.7. The van der Waals surface area contributed by atoms with Crippen LogP contribution in [0.5, 0.6) is 0 Å². The van der Waals surface area contributed by atoms with Crippen molar-refractivity contribution >= 4 is 29.2 Å². The normalized spacial score (nSPS) is 19.6. The molecule has 0 bridgehead atoms. The molecule has 6 nitrogen and oxygen atoms in total. The molecule has 5 rings (SSSR count). The number of carbonyl (C=O) groups excluding carboxylic acids is 2. The van der Waals surface area contributed by atoms with E-state index in [0.29, 0.717) is 22.7 Å². The second-order valence-electron chi connectivity index (χ2n) is 8.38. The minimum Gasteiger partial charge on any atom is -0.457 e. The van der Waals surface area contributed by atoms with E-state index in [1.807, 2.05) is 60.7 Å². The summed E-state index contributed by atoms with van der Waals surface area (Å²) in [6.07, 6.45) is 3.81. The molecule has 2 aromatic carbocycles. The maximum absolute atomic E-state index is 13.0. The van der Waals surface area contributed by atoms with E-state index in [1.165, 1.54) is 0 Å². The number of amides is 2. The number of furan rings is 1. The summed E-state index contributed by atoms with van der Waals surface area (Å²) in [6.45, 7) is 1.92. The van der Waals surface area contributed by atoms with E-state index in [0.717, 1.165) is 42.7 Å². The van der Waals surface area contributed by atoms with Gasteiger partial charge in [0, 0.05) is 29.4 Å². The van der Waals surface area contributed by atoms with E-state index in [2.05, 4.69) is 22.6 Å². The van der Waals surface area contributed by atoms with Crippen molar-refractivity contribution in [1.82, 2.24) is 10.2 Å². The van der Waals surface area contributed by atoms with E-state index < -0.39 is 0 Å². The minimum absolute atomic E-state index is 0.0960. The standard InChI is InChI=1S/C26H25N3O3/c1-29-14-6-7-17(16-29)27-25(30)21-10-3-2-9-20(21)24-13-12-18(32-24)15-22-19-8-4-5-11-23(19)28-26(22)31/h2-5,8-13,15,17H,6-7,14,16H2,1H3,(H,27,30)(H,28,31)/b22-15+. The Kier molecular flexibility index (Phi) is 5.37. The van der Waals surface area contributed by atoms with Crippen LogP contribution in [0.2, 0.25) is 0 Å². The number of nitrogens with one attached hydrogen (secondary N) is 2. The van der Waals surface area contributed by atoms with Gasteiger partial charge in [0.2, 0.25) is 0 Å². The molecule has 2 aliphatic heterocycles. The maximum Gasteiger partial charge on any atom is 0.256 e. The van der Waals surface area contributed by atoms with E-state index in [-0.39, 0.29) is 17.9 Å². The molecule has 0 saturated carbocycles. The van der Waals surface area contributed by atoms with Crippen LogP contribution in [0.4, 0.5) is 5.69 Å². The zero-order valence-electron chi connectivity index (χ0n) is 17.9. The molecule has 6 heteroatoms. The van der Waals surface area contributed by atoms with Gasteiger partial charge in [-0.3, -0.25) is 9.59 Å². The Morgan fingerprint density at radius 1 is 1.09 bits per heavy atom. The number of likely N-dealkylation sites (N-methyl/N-ethyl adjacent to an activating group) is 1. The van der Waals surface area contributed by atoms with Crippen molar-refractivity contribution in [2.75, 3.05) is 25.5 Å². The number of anilines is 1. The predicted octanol–water partition coefficient (Wildman–Crippen LogP) is 4.26. The fraction of sp³-hybridized carbons (Fsp3) is 0.231. The van der Waals surface area contributed by atoms with Crippen molar-refractivity contribution < 1.29 is 14.0 Å². The van der Waals surface area contributed by atoms with Crippen LogP contribution in [0.1, 0.15) is 34.5 Å². The molecule has 0 spiro atoms. The summed E-state index contributed by atoms with van der Waals surface area (Å²) in [6, 6.07) is 18.8. The summed E-state index contributed by atoms with van der Waals surface area (Å²) in [7, 11) is 2.08. The van der Waals surface area contributed by atoms with Crippen molar-refractivity contribution in [1.29, 1.82) is 0 Å². The number of benzene rings is 2. The van der Waals surface area contributed by atoms with Crippen LogP contribution in [0.15, 0.2) is 65.1 Å². The van der Waals surface area contributed by atoms with Crippen molar-refractivity contribution in [2.24, 2.45) is 0 Å². The number of fused-ring (bicyclic) bond motifs is 1. The monoisotopic (exact) mass is 427 g/mol. The van der Waals surface area contributed by atoms with E-state index in [4.69, 9.17) is 4.42 Å². The number of piperidine rings is 1. The third-order valence-electron chi connectivity index (χ3n) is 6.02. The van der Waals surface area contributed by atoms with Crippen LogP contribution in [-0.2, 0) is 4.79 Å². The minimum atomic E-state index is -0.152. The molecule has 2 aliphatic rings. The second-order valence-corrected chi connectivity index (χ2v) is 8.38. The topological polar surface area (TPSA) is 74.6 Å². The van der Waals surface area contributed by atoms with Gasteiger partial charge in [0.15, 0.2) is 0 Å². The van der Waals surface area contributed by atoms with Crippen molar-refractivity contribution in [3.8, 4) is 11.3 Å². The molecule has 1 saturated heterocycles. The zero-order valence-corrected chi connectivity index (χ0v) is 17.9. The number of rotatable bonds is 4. The molecule has 3 aromatic rings. The highest BCUT2D eigenvalue weighted by molar-refractivity contribution is 6.34. The lowest BCUT2D eigenvalue weighted by Gasteiger charge is -2.30. The number of likely N-dealkylation sites (tertiary alicyclic amines) is 1. The van der Waals surface area contributed by atoms with Gasteiger partial charge in [-0.1, -0.05) is 36.4 Å². The van der Waals surface area contributed by atoms with E-state index in [9.17, 15) is 9.59 Å². The lowest BCUT2D eigenvalue weighted by atomic mass is 10.0. The number of carbonyl (C=O) groups is 2. The van der Waals surface area contributed by atoms with Gasteiger partial charge < -0.3 is 20.0 Å². The average molecular weight is 428 g/mol. The van der Waals surface area contributed by atoms with Crippen LogP contribution in [0.3, 0.4) is 0 Å². The highest BCUT2D eigenvalue weighted by atomic mass is 16.3. The van der Waals surface area contributed by atoms with Gasteiger partial charge in [-0.05, 0) is 56.8 Å². The van der Waals surface area contributed by atoms with Gasteiger partial charge in [0.05, 0.1) is 11.1 Å². The van der Waals surface area contributed by atoms with Crippen LogP contribution in [0.25, 0.3) is 23.0 Å². The van der Waals surface area contributed by atoms with Crippen LogP contribution in [-0.4, -0.2) is 42.9 Å². The second kappa shape index (κ2) is 8.48. The fourth-order valence-corrected chi connectivity index (χ4v) is 4.44. The summed E-state index contributed by atoms with van der Waals surface area (Å²) in [5, 5.41) is 6.04. The lowest BCUT2D eigenvalue weighted by molar-refractivity contribution is -0.110. The molecule has 2 amide bonds. The Bertz CT molecular complexity index is 1210. The molecular weight excluding hydrogens is 402 g/mol. The lowest BCUT2D eigenvalue weighted by Crippen LogP contribution is -2.46. The van der Waals surface area contributed by atoms with Crippen LogP contribution in [0, 0.1) is 0 Å². The number of hydrogen-bond donors (Lipinski definition) is 2. The Morgan fingerprint density at radius 2 is 1.88 bits per heavy atom. The average Bonchev–Trinajstić information content (AvgIpc) is 3.38. The fourth-order valence-electron chi connectivity index (χ4n) is 4.44. The molecular formula is C26H25N3O3. The summed E-state index contributed by atoms with van der Waals surface area (Å²) in [5.41, 5.74) is 3.53. The maximum atomic E-state index is 13.0. The molecule has 3 heterocycles. The molecule has 1 aromatic heterocycles. The first kappa shape index (κ1) is 20.3. The molecule has 32 heavy (non-hydrogen) atoms. The molecule has 162 valence electrons. The van der Waals surface area contributed by atoms with Crippen molar-refractivity contribution in [2.45, 2.75) is 18.9 Å². The SMILES string of the molecule is CN1CCCC(NC(=O)c2ccccc2-c2ccc(/C=C3/C(=O)Nc4ccccc43)o2)C1. The Balaban J connectivity index is 1.40. The van der Waals surface area contributed by atoms with Crippen LogP contribution < -0.4 is 10.6 Å². The van der Waals surface area contributed by atoms with Gasteiger partial charge in [0.25, 0.3) is 11.8 Å². The highest BCUT2D eigenvalue weighted by Crippen LogP contribution is 2.34. The summed E-state index contributed by atoms with van der Waals surface area (Å²) >= 11 is 0. The van der Waals surface area contributed by atoms with Gasteiger partial charge >= 0.3 is 0 Å². The quantitative estimate of drug-likeness (QED) is 0.610. The Labute approximate surface area is 186 Å². The zero-order chi connectivity index (χ0) is 22.1. The Hall–Kier alpha value is -3.64. The third kappa shape index (κ3) is 3.97. The smallest absolute Gasteiger partial charge is 0.256 e. The first-order valence-corrected chi connectivity index (χ1v) is 10.9. The predicted molar refractivity (Wildman–Crippen MR) is 125 cm³/mol. The van der Waals surface area contributed by atoms with Gasteiger partial charge in [0.1, 0.15) is 11.5 Å². The molecule has 1 fully saturated rings. The summed E-state index contributed by atoms with van der Waals surface area (Å²) in [5.74, 6) is 0.906. The van der Waals surface area contributed by atoms with Crippen LogP contribution >= 0.6 is 0 Å². The third-order valence-corrected chi connectivity index (χ3v) is 6.02. The van der Waals surface area contributed by atoms with E-state index in [1.54, 1.807) is 6.08 Å². The van der Waals surface area contributed by atoms with Crippen molar-refractivity contribution in [3.05, 3.63) is 77.6 Å². The molecule has 0 aliphatic carbocycles. The number of hydrogen-bond acceptors (Lipinski definition) is 4. The number of para-hydroxylation sites is 1.